The molecule has 4 aromatic rings. The monoisotopic (exact) mass is 463 g/mol. The summed E-state index contributed by atoms with van der Waals surface area (Å²) in [5.74, 6) is -1.25. The van der Waals surface area contributed by atoms with Crippen molar-refractivity contribution < 1.29 is 19.6 Å². The van der Waals surface area contributed by atoms with Gasteiger partial charge >= 0.3 is 5.69 Å². The normalized spacial score (nSPS) is 10.7. The van der Waals surface area contributed by atoms with Crippen molar-refractivity contribution in [3.05, 3.63) is 93.5 Å². The van der Waals surface area contributed by atoms with E-state index in [4.69, 9.17) is 0 Å². The van der Waals surface area contributed by atoms with E-state index < -0.39 is 28.2 Å². The molecule has 0 atom stereocenters. The molecule has 166 valence electrons. The van der Waals surface area contributed by atoms with Crippen molar-refractivity contribution in [2.24, 2.45) is 0 Å². The number of nitro benzene ring substituents is 1. The van der Waals surface area contributed by atoms with E-state index in [0.717, 1.165) is 33.9 Å². The lowest BCUT2D eigenvalue weighted by Gasteiger charge is -2.08. The Balaban J connectivity index is 1.31. The van der Waals surface area contributed by atoms with Crippen LogP contribution in [-0.2, 0) is 5.75 Å². The average Bonchev–Trinajstić information content (AvgIpc) is 3.24. The van der Waals surface area contributed by atoms with Crippen molar-refractivity contribution in [2.45, 2.75) is 10.9 Å². The Hall–Kier alpha value is -4.38. The van der Waals surface area contributed by atoms with Gasteiger partial charge in [-0.2, -0.15) is 0 Å². The number of hydrogen-bond donors (Lipinski definition) is 4. The number of nitrogens with one attached hydrogen (secondary N) is 3. The highest BCUT2D eigenvalue weighted by Gasteiger charge is 2.16. The maximum atomic E-state index is 12.3. The van der Waals surface area contributed by atoms with E-state index in [1.165, 1.54) is 6.07 Å². The lowest BCUT2D eigenvalue weighted by atomic mass is 10.1. The second-order valence-electron chi connectivity index (χ2n) is 6.91. The molecule has 0 aliphatic rings. The Morgan fingerprint density at radius 2 is 1.67 bits per heavy atom. The largest absolute Gasteiger partial charge is 0.502 e. The number of carbonyl (C=O) groups is 2. The Kier molecular flexibility index (Phi) is 6.22. The molecule has 0 saturated heterocycles. The number of hydrazine groups is 1. The van der Waals surface area contributed by atoms with E-state index in [1.54, 1.807) is 36.0 Å². The number of aromatic amines is 1. The van der Waals surface area contributed by atoms with Crippen molar-refractivity contribution >= 4 is 40.3 Å². The van der Waals surface area contributed by atoms with Crippen molar-refractivity contribution in [1.82, 2.24) is 20.8 Å². The molecule has 0 unspecified atom stereocenters. The van der Waals surface area contributed by atoms with Crippen LogP contribution in [0.1, 0.15) is 26.3 Å². The fourth-order valence-electron chi connectivity index (χ4n) is 2.98. The summed E-state index contributed by atoms with van der Waals surface area (Å²) in [5.41, 5.74) is 7.11. The molecule has 1 aromatic heterocycles. The van der Waals surface area contributed by atoms with Gasteiger partial charge < -0.3 is 10.1 Å². The summed E-state index contributed by atoms with van der Waals surface area (Å²) in [7, 11) is 0. The molecule has 2 amide bonds. The summed E-state index contributed by atoms with van der Waals surface area (Å²) in [6, 6.07) is 17.8. The summed E-state index contributed by atoms with van der Waals surface area (Å²) in [5, 5.41) is 21.2. The van der Waals surface area contributed by atoms with Gasteiger partial charge in [-0.3, -0.25) is 30.6 Å². The number of phenols is 1. The van der Waals surface area contributed by atoms with Gasteiger partial charge in [0.2, 0.25) is 0 Å². The number of thioether (sulfide) groups is 1. The molecule has 11 heteroatoms. The number of carbonyl (C=O) groups excluding carboxylic acids is 2. The first-order valence-electron chi connectivity index (χ1n) is 9.65. The Morgan fingerprint density at radius 1 is 1.00 bits per heavy atom. The van der Waals surface area contributed by atoms with Crippen LogP contribution < -0.4 is 10.9 Å². The number of aromatic hydroxyl groups is 1. The van der Waals surface area contributed by atoms with E-state index in [1.807, 2.05) is 24.3 Å². The molecule has 0 aliphatic heterocycles. The number of rotatable bonds is 6. The zero-order chi connectivity index (χ0) is 23.4. The van der Waals surface area contributed by atoms with Gasteiger partial charge in [-0.15, -0.1) is 0 Å². The number of hydrogen-bond acceptors (Lipinski definition) is 7. The SMILES string of the molecule is O=C(NNC(=O)c1ccc([N+](=O)[O-])c(O)c1)c1ccc(CSc2nc3ccccc3[nH]2)cc1. The van der Waals surface area contributed by atoms with Gasteiger partial charge in [0.15, 0.2) is 10.9 Å². The van der Waals surface area contributed by atoms with Crippen LogP contribution in [0.5, 0.6) is 5.75 Å². The first kappa shape index (κ1) is 21.8. The average molecular weight is 463 g/mol. The number of H-pyrrole nitrogens is 1. The molecule has 1 heterocycles. The smallest absolute Gasteiger partial charge is 0.310 e. The molecule has 3 aromatic carbocycles. The number of para-hydroxylation sites is 2. The van der Waals surface area contributed by atoms with Gasteiger partial charge in [0.05, 0.1) is 16.0 Å². The molecule has 0 radical (unpaired) electrons. The quantitative estimate of drug-likeness (QED) is 0.194. The third kappa shape index (κ3) is 5.10. The molecule has 0 aliphatic carbocycles. The van der Waals surface area contributed by atoms with Gasteiger partial charge in [0.1, 0.15) is 0 Å². The third-order valence-electron chi connectivity index (χ3n) is 4.68. The van der Waals surface area contributed by atoms with Gasteiger partial charge in [-0.1, -0.05) is 36.0 Å². The first-order chi connectivity index (χ1) is 15.9. The number of nitro groups is 1. The summed E-state index contributed by atoms with van der Waals surface area (Å²) < 4.78 is 0. The maximum absolute atomic E-state index is 12.3. The van der Waals surface area contributed by atoms with E-state index in [9.17, 15) is 24.8 Å². The highest BCUT2D eigenvalue weighted by molar-refractivity contribution is 7.98. The van der Waals surface area contributed by atoms with Gasteiger partial charge in [-0.05, 0) is 42.0 Å². The maximum Gasteiger partial charge on any atom is 0.310 e. The second-order valence-corrected chi connectivity index (χ2v) is 7.88. The van der Waals surface area contributed by atoms with Crippen molar-refractivity contribution in [1.29, 1.82) is 0 Å². The van der Waals surface area contributed by atoms with Crippen molar-refractivity contribution in [3.63, 3.8) is 0 Å². The molecule has 0 bridgehead atoms. The van der Waals surface area contributed by atoms with E-state index in [0.29, 0.717) is 11.3 Å². The number of aromatic nitrogens is 2. The van der Waals surface area contributed by atoms with Gasteiger partial charge in [-0.25, -0.2) is 4.98 Å². The molecule has 0 saturated carbocycles. The number of imidazole rings is 1. The Bertz CT molecular complexity index is 1320. The summed E-state index contributed by atoms with van der Waals surface area (Å²) in [6.07, 6.45) is 0. The molecule has 33 heavy (non-hydrogen) atoms. The van der Waals surface area contributed by atoms with Crippen LogP contribution in [0, 0.1) is 10.1 Å². The van der Waals surface area contributed by atoms with Crippen molar-refractivity contribution in [2.75, 3.05) is 0 Å². The minimum atomic E-state index is -0.766. The Morgan fingerprint density at radius 3 is 2.33 bits per heavy atom. The van der Waals surface area contributed by atoms with Gasteiger partial charge in [0.25, 0.3) is 11.8 Å². The number of benzene rings is 3. The number of phenolic OH excluding ortho intramolecular Hbond substituents is 1. The summed E-state index contributed by atoms with van der Waals surface area (Å²) in [4.78, 5) is 42.2. The van der Waals surface area contributed by atoms with Crippen LogP contribution in [0.15, 0.2) is 71.9 Å². The first-order valence-corrected chi connectivity index (χ1v) is 10.6. The fraction of sp³-hybridized carbons (Fsp3) is 0.0455. The topological polar surface area (TPSA) is 150 Å². The summed E-state index contributed by atoms with van der Waals surface area (Å²) >= 11 is 1.54. The van der Waals surface area contributed by atoms with E-state index in [2.05, 4.69) is 20.8 Å². The van der Waals surface area contributed by atoms with Gasteiger partial charge in [0, 0.05) is 22.9 Å². The fourth-order valence-corrected chi connectivity index (χ4v) is 3.82. The van der Waals surface area contributed by atoms with Crippen LogP contribution in [0.4, 0.5) is 5.69 Å². The molecular formula is C22H17N5O5S. The molecule has 4 rings (SSSR count). The number of nitrogens with zero attached hydrogens (tertiary/aromatic N) is 2. The second kappa shape index (κ2) is 9.40. The van der Waals surface area contributed by atoms with Crippen molar-refractivity contribution in [3.8, 4) is 5.75 Å². The van der Waals surface area contributed by atoms with Crippen LogP contribution in [0.2, 0.25) is 0 Å². The summed E-state index contributed by atoms with van der Waals surface area (Å²) in [6.45, 7) is 0. The molecule has 10 nitrogen and oxygen atoms in total. The molecule has 0 fully saturated rings. The minimum absolute atomic E-state index is 0.0450. The zero-order valence-electron chi connectivity index (χ0n) is 16.9. The van der Waals surface area contributed by atoms with E-state index in [-0.39, 0.29) is 5.56 Å². The highest BCUT2D eigenvalue weighted by atomic mass is 32.2. The predicted octanol–water partition coefficient (Wildman–Crippen LogP) is 3.54. The Labute approximate surface area is 191 Å². The minimum Gasteiger partial charge on any atom is -0.502 e. The highest BCUT2D eigenvalue weighted by Crippen LogP contribution is 2.26. The lowest BCUT2D eigenvalue weighted by Crippen LogP contribution is -2.41. The molecule has 4 N–H and O–H groups in total. The number of fused-ring (bicyclic) bond motifs is 1. The lowest BCUT2D eigenvalue weighted by molar-refractivity contribution is -0.385. The van der Waals surface area contributed by atoms with Crippen LogP contribution in [-0.4, -0.2) is 31.8 Å². The third-order valence-corrected chi connectivity index (χ3v) is 5.63. The predicted molar refractivity (Wildman–Crippen MR) is 122 cm³/mol. The zero-order valence-corrected chi connectivity index (χ0v) is 17.8. The number of amides is 2. The van der Waals surface area contributed by atoms with Crippen LogP contribution in [0.25, 0.3) is 11.0 Å². The van der Waals surface area contributed by atoms with Crippen LogP contribution >= 0.6 is 11.8 Å². The van der Waals surface area contributed by atoms with Crippen LogP contribution in [0.3, 0.4) is 0 Å². The standard InChI is InChI=1S/C22H17N5O5S/c28-19-11-15(9-10-18(19)27(31)32)21(30)26-25-20(29)14-7-5-13(6-8-14)12-33-22-23-16-3-1-2-4-17(16)24-22/h1-11,28H,12H2,(H,23,24)(H,25,29)(H,26,30). The van der Waals surface area contributed by atoms with E-state index >= 15 is 0 Å². The molecule has 0 spiro atoms. The molecular weight excluding hydrogens is 446 g/mol.